The van der Waals surface area contributed by atoms with Gasteiger partial charge in [0.1, 0.15) is 35.3 Å². The summed E-state index contributed by atoms with van der Waals surface area (Å²) in [5.41, 5.74) is 7.39. The van der Waals surface area contributed by atoms with Crippen molar-refractivity contribution >= 4 is 59.2 Å². The summed E-state index contributed by atoms with van der Waals surface area (Å²) >= 11 is 0. The van der Waals surface area contributed by atoms with Crippen LogP contribution in [0, 0.1) is 11.6 Å². The molecule has 0 aromatic heterocycles. The first-order valence-corrected chi connectivity index (χ1v) is 20.8. The summed E-state index contributed by atoms with van der Waals surface area (Å²) in [6.45, 7) is 6.88. The lowest BCUT2D eigenvalue weighted by atomic mass is 10.2. The average molecular weight is 892 g/mol. The van der Waals surface area contributed by atoms with Crippen molar-refractivity contribution in [3.05, 3.63) is 109 Å². The average Bonchev–Trinajstić information content (AvgIpc) is 3.89. The second-order valence-corrected chi connectivity index (χ2v) is 15.1. The molecule has 0 bridgehead atoms. The van der Waals surface area contributed by atoms with Gasteiger partial charge < -0.3 is 44.3 Å². The fourth-order valence-electron chi connectivity index (χ4n) is 7.54. The molecule has 0 saturated carbocycles. The molecule has 0 radical (unpaired) electrons. The number of anilines is 4. The lowest BCUT2D eigenvalue weighted by Crippen LogP contribution is -2.50. The highest BCUT2D eigenvalue weighted by Gasteiger charge is 2.34. The summed E-state index contributed by atoms with van der Waals surface area (Å²) in [7, 11) is 0. The number of hydrogen-bond acceptors (Lipinski definition) is 11. The Morgan fingerprint density at radius 3 is 1.37 bits per heavy atom. The normalized spacial score (nSPS) is 18.5. The zero-order valence-corrected chi connectivity index (χ0v) is 35.8. The fourth-order valence-corrected chi connectivity index (χ4v) is 7.54. The Hall–Kier alpha value is -6.33. The number of amides is 4. The highest BCUT2D eigenvalue weighted by atomic mass is 35.5. The van der Waals surface area contributed by atoms with Gasteiger partial charge in [-0.3, -0.25) is 19.4 Å². The van der Waals surface area contributed by atoms with Gasteiger partial charge in [-0.15, -0.1) is 12.4 Å². The minimum absolute atomic E-state index is 0. The van der Waals surface area contributed by atoms with Crippen LogP contribution in [-0.4, -0.2) is 131 Å². The zero-order chi connectivity index (χ0) is 43.6. The number of cyclic esters (lactones) is 2. The van der Waals surface area contributed by atoms with Gasteiger partial charge in [0.15, 0.2) is 13.2 Å². The van der Waals surface area contributed by atoms with Crippen LogP contribution in [-0.2, 0) is 19.1 Å². The molecule has 18 heteroatoms. The number of piperazine rings is 2. The van der Waals surface area contributed by atoms with E-state index in [1.165, 1.54) is 21.9 Å². The van der Waals surface area contributed by atoms with Crippen molar-refractivity contribution < 1.29 is 46.9 Å². The van der Waals surface area contributed by atoms with E-state index in [0.717, 1.165) is 6.42 Å². The third kappa shape index (κ3) is 11.6. The maximum atomic E-state index is 14.8. The largest absolute Gasteiger partial charge is 0.484 e. The molecular formula is C45H52ClF2N7O8. The highest BCUT2D eigenvalue weighted by Crippen LogP contribution is 2.30. The van der Waals surface area contributed by atoms with Crippen molar-refractivity contribution in [2.75, 3.05) is 105 Å². The van der Waals surface area contributed by atoms with Gasteiger partial charge in [-0.1, -0.05) is 43.3 Å². The topological polar surface area (TPSA) is 151 Å². The van der Waals surface area contributed by atoms with Crippen molar-refractivity contribution in [1.82, 2.24) is 9.80 Å². The third-order valence-electron chi connectivity index (χ3n) is 11.1. The van der Waals surface area contributed by atoms with Gasteiger partial charge in [-0.05, 0) is 67.1 Å². The summed E-state index contributed by atoms with van der Waals surface area (Å²) in [6, 6.07) is 27.9. The molecule has 4 aliphatic rings. The maximum Gasteiger partial charge on any atom is 0.414 e. The van der Waals surface area contributed by atoms with Gasteiger partial charge in [0.2, 0.25) is 0 Å². The minimum Gasteiger partial charge on any atom is -0.484 e. The highest BCUT2D eigenvalue weighted by molar-refractivity contribution is 5.91. The molecule has 0 spiro atoms. The van der Waals surface area contributed by atoms with E-state index in [9.17, 15) is 28.0 Å². The Kier molecular flexibility index (Phi) is 15.9. The third-order valence-corrected chi connectivity index (χ3v) is 11.1. The Balaban J connectivity index is 0.000000206. The van der Waals surface area contributed by atoms with Crippen LogP contribution in [0.2, 0.25) is 0 Å². The quantitative estimate of drug-likeness (QED) is 0.191. The SMILES string of the molecule is CC[C@H]1CN(c2ccc(N3CCN(C(=O)COc4ccccc4)CC3)c(F)c2)C(=O)O1.Cl.NC[C@H]1CN(c2ccc(N3CCN(C(=O)COc4ccccc4)CC3)c(F)c2)C(=O)O1. The van der Waals surface area contributed by atoms with Crippen LogP contribution in [0.1, 0.15) is 13.3 Å². The Bertz CT molecular complexity index is 2030. The second-order valence-electron chi connectivity index (χ2n) is 15.1. The van der Waals surface area contributed by atoms with Gasteiger partial charge in [-0.2, -0.15) is 0 Å². The van der Waals surface area contributed by atoms with Gasteiger partial charge >= 0.3 is 12.2 Å². The van der Waals surface area contributed by atoms with Gasteiger partial charge in [0.05, 0.1) is 35.8 Å². The molecule has 2 N–H and O–H groups in total. The van der Waals surface area contributed by atoms with Crippen molar-refractivity contribution in [2.45, 2.75) is 25.6 Å². The van der Waals surface area contributed by atoms with E-state index in [-0.39, 0.29) is 56.2 Å². The monoisotopic (exact) mass is 891 g/mol. The number of benzene rings is 4. The van der Waals surface area contributed by atoms with E-state index >= 15 is 0 Å². The first kappa shape index (κ1) is 46.2. The Morgan fingerprint density at radius 1 is 0.619 bits per heavy atom. The van der Waals surface area contributed by atoms with Crippen molar-refractivity contribution in [1.29, 1.82) is 0 Å². The summed E-state index contributed by atoms with van der Waals surface area (Å²) < 4.78 is 51.1. The molecule has 4 aromatic carbocycles. The number of carbonyl (C=O) groups excluding carboxylic acids is 4. The number of halogens is 3. The molecule has 2 atom stereocenters. The molecule has 4 saturated heterocycles. The number of ether oxygens (including phenoxy) is 4. The van der Waals surface area contributed by atoms with Gasteiger partial charge in [0, 0.05) is 58.9 Å². The van der Waals surface area contributed by atoms with E-state index < -0.39 is 23.8 Å². The van der Waals surface area contributed by atoms with Crippen LogP contribution < -0.4 is 34.8 Å². The Labute approximate surface area is 371 Å². The number of nitrogens with zero attached hydrogens (tertiary/aromatic N) is 6. The number of carbonyl (C=O) groups is 4. The van der Waals surface area contributed by atoms with E-state index in [1.54, 1.807) is 46.2 Å². The molecule has 4 amide bonds. The standard InChI is InChI=1S/C23H26FN3O4.C22H25FN4O4.ClH/c1-2-18-15-27(23(29)31-18)17-8-9-21(20(24)14-17)25-10-12-26(13-11-25)22(28)16-30-19-6-4-3-5-7-19;23-19-12-16(27-14-18(13-24)31-22(27)29)6-7-20(19)25-8-10-26(11-9-25)21(28)15-30-17-4-2-1-3-5-17;/h3-9,14,18H,2,10-13,15-16H2,1H3;1-7,12,18H,8-11,13-15,24H2;1H/t2*18-;/m00./s1. The zero-order valence-electron chi connectivity index (χ0n) is 35.0. The molecule has 8 rings (SSSR count). The lowest BCUT2D eigenvalue weighted by molar-refractivity contribution is -0.134. The number of rotatable bonds is 12. The van der Waals surface area contributed by atoms with Gasteiger partial charge in [0.25, 0.3) is 11.8 Å². The molecular weight excluding hydrogens is 840 g/mol. The van der Waals surface area contributed by atoms with Crippen molar-refractivity contribution in [3.8, 4) is 11.5 Å². The van der Waals surface area contributed by atoms with E-state index in [1.807, 2.05) is 65.3 Å². The minimum atomic E-state index is -0.521. The van der Waals surface area contributed by atoms with Crippen LogP contribution in [0.4, 0.5) is 41.1 Å². The van der Waals surface area contributed by atoms with E-state index in [0.29, 0.717) is 99.7 Å². The molecule has 4 aromatic rings. The smallest absolute Gasteiger partial charge is 0.414 e. The predicted octanol–water partition coefficient (Wildman–Crippen LogP) is 5.55. The summed E-state index contributed by atoms with van der Waals surface area (Å²) in [5, 5.41) is 0. The number of hydrogen-bond donors (Lipinski definition) is 1. The first-order chi connectivity index (χ1) is 30.1. The molecule has 0 aliphatic carbocycles. The van der Waals surface area contributed by atoms with Gasteiger partial charge in [-0.25, -0.2) is 18.4 Å². The summed E-state index contributed by atoms with van der Waals surface area (Å²) in [5.74, 6) is 0.310. The lowest BCUT2D eigenvalue weighted by Gasteiger charge is -2.36. The summed E-state index contributed by atoms with van der Waals surface area (Å²) in [4.78, 5) is 58.9. The van der Waals surface area contributed by atoms with Crippen molar-refractivity contribution in [2.24, 2.45) is 5.73 Å². The molecule has 4 heterocycles. The summed E-state index contributed by atoms with van der Waals surface area (Å²) in [6.07, 6.45) is -0.780. The van der Waals surface area contributed by atoms with E-state index in [2.05, 4.69) is 0 Å². The molecule has 336 valence electrons. The van der Waals surface area contributed by atoms with Crippen LogP contribution >= 0.6 is 12.4 Å². The molecule has 0 unspecified atom stereocenters. The number of nitrogens with two attached hydrogens (primary N) is 1. The maximum absolute atomic E-state index is 14.8. The van der Waals surface area contributed by atoms with Crippen molar-refractivity contribution in [3.63, 3.8) is 0 Å². The van der Waals surface area contributed by atoms with E-state index in [4.69, 9.17) is 24.7 Å². The second kappa shape index (κ2) is 21.6. The fraction of sp³-hybridized carbons (Fsp3) is 0.378. The van der Waals surface area contributed by atoms with Crippen LogP contribution in [0.5, 0.6) is 11.5 Å². The first-order valence-electron chi connectivity index (χ1n) is 20.8. The molecule has 15 nitrogen and oxygen atoms in total. The molecule has 4 fully saturated rings. The predicted molar refractivity (Wildman–Crippen MR) is 236 cm³/mol. The van der Waals surface area contributed by atoms with Crippen LogP contribution in [0.3, 0.4) is 0 Å². The number of para-hydroxylation sites is 2. The van der Waals surface area contributed by atoms with Crippen LogP contribution in [0.25, 0.3) is 0 Å². The molecule has 63 heavy (non-hydrogen) atoms. The van der Waals surface area contributed by atoms with Crippen LogP contribution in [0.15, 0.2) is 97.1 Å². The Morgan fingerprint density at radius 2 is 1.02 bits per heavy atom. The molecule has 4 aliphatic heterocycles.